The zero-order chi connectivity index (χ0) is 21.9. The van der Waals surface area contributed by atoms with Crippen molar-refractivity contribution >= 4 is 17.5 Å². The molecule has 30 heavy (non-hydrogen) atoms. The number of hydrogen-bond acceptors (Lipinski definition) is 6. The highest BCUT2D eigenvalue weighted by Gasteiger charge is 2.36. The van der Waals surface area contributed by atoms with Crippen LogP contribution in [0.2, 0.25) is 0 Å². The minimum absolute atomic E-state index is 0.0207. The van der Waals surface area contributed by atoms with Crippen LogP contribution in [0, 0.1) is 17.0 Å². The number of nitrogens with zero attached hydrogens (tertiary/aromatic N) is 3. The smallest absolute Gasteiger partial charge is 0.272 e. The van der Waals surface area contributed by atoms with Gasteiger partial charge in [-0.25, -0.2) is 0 Å². The number of nitro benzene ring substituents is 1. The molecule has 1 aromatic rings. The molecule has 0 aromatic heterocycles. The molecule has 2 heterocycles. The number of morpholine rings is 1. The maximum Gasteiger partial charge on any atom is 0.272 e. The second-order valence-electron chi connectivity index (χ2n) is 8.54. The van der Waals surface area contributed by atoms with E-state index < -0.39 is 11.0 Å². The maximum absolute atomic E-state index is 13.0. The Bertz CT molecular complexity index is 820. The van der Waals surface area contributed by atoms with Gasteiger partial charge in [0.15, 0.2) is 0 Å². The number of benzene rings is 1. The number of carbonyl (C=O) groups is 2. The number of nitrogens with one attached hydrogen (secondary N) is 1. The first-order chi connectivity index (χ1) is 14.2. The summed E-state index contributed by atoms with van der Waals surface area (Å²) in [7, 11) is 0. The highest BCUT2D eigenvalue weighted by Crippen LogP contribution is 2.24. The van der Waals surface area contributed by atoms with Crippen molar-refractivity contribution in [3.8, 4) is 0 Å². The molecule has 0 saturated carbocycles. The summed E-state index contributed by atoms with van der Waals surface area (Å²) in [6, 6.07) is 3.81. The molecule has 9 heteroatoms. The second-order valence-corrected chi connectivity index (χ2v) is 8.54. The van der Waals surface area contributed by atoms with Gasteiger partial charge < -0.3 is 15.0 Å². The van der Waals surface area contributed by atoms with E-state index in [1.165, 1.54) is 18.2 Å². The molecule has 1 atom stereocenters. The number of aryl methyl sites for hydroxylation is 1. The van der Waals surface area contributed by atoms with Crippen molar-refractivity contribution in [3.63, 3.8) is 0 Å². The lowest BCUT2D eigenvalue weighted by molar-refractivity contribution is -0.385. The lowest BCUT2D eigenvalue weighted by atomic mass is 10.0. The molecule has 3 rings (SSSR count). The van der Waals surface area contributed by atoms with Crippen LogP contribution in [-0.4, -0.2) is 77.5 Å². The number of nitro groups is 1. The molecule has 0 radical (unpaired) electrons. The van der Waals surface area contributed by atoms with E-state index >= 15 is 0 Å². The molecule has 2 aliphatic heterocycles. The van der Waals surface area contributed by atoms with Gasteiger partial charge in [-0.05, 0) is 45.7 Å². The molecular formula is C21H30N4O5. The van der Waals surface area contributed by atoms with Gasteiger partial charge in [0, 0.05) is 48.9 Å². The summed E-state index contributed by atoms with van der Waals surface area (Å²) in [6.45, 7) is 9.82. The Hall–Kier alpha value is -2.52. The molecule has 0 bridgehead atoms. The van der Waals surface area contributed by atoms with Crippen LogP contribution in [0.15, 0.2) is 18.2 Å². The van der Waals surface area contributed by atoms with Gasteiger partial charge >= 0.3 is 0 Å². The van der Waals surface area contributed by atoms with Crippen LogP contribution < -0.4 is 5.32 Å². The molecule has 1 N–H and O–H groups in total. The van der Waals surface area contributed by atoms with E-state index in [0.717, 1.165) is 19.5 Å². The van der Waals surface area contributed by atoms with E-state index in [4.69, 9.17) is 4.74 Å². The Morgan fingerprint density at radius 3 is 2.60 bits per heavy atom. The first kappa shape index (κ1) is 22.2. The molecule has 2 fully saturated rings. The molecule has 164 valence electrons. The van der Waals surface area contributed by atoms with Crippen molar-refractivity contribution < 1.29 is 19.2 Å². The van der Waals surface area contributed by atoms with Gasteiger partial charge in [-0.15, -0.1) is 0 Å². The monoisotopic (exact) mass is 418 g/mol. The number of carbonyl (C=O) groups excluding carboxylic acids is 2. The van der Waals surface area contributed by atoms with Crippen LogP contribution in [0.5, 0.6) is 0 Å². The van der Waals surface area contributed by atoms with Crippen LogP contribution in [0.25, 0.3) is 0 Å². The topological polar surface area (TPSA) is 105 Å². The number of hydrogen-bond donors (Lipinski definition) is 1. The Balaban J connectivity index is 1.64. The van der Waals surface area contributed by atoms with Crippen LogP contribution >= 0.6 is 0 Å². The minimum Gasteiger partial charge on any atom is -0.379 e. The first-order valence-corrected chi connectivity index (χ1v) is 10.4. The Morgan fingerprint density at radius 2 is 1.97 bits per heavy atom. The van der Waals surface area contributed by atoms with Gasteiger partial charge in [-0.2, -0.15) is 0 Å². The average Bonchev–Trinajstić information content (AvgIpc) is 3.22. The molecule has 2 amide bonds. The van der Waals surface area contributed by atoms with E-state index in [9.17, 15) is 19.7 Å². The highest BCUT2D eigenvalue weighted by molar-refractivity contribution is 5.98. The largest absolute Gasteiger partial charge is 0.379 e. The molecule has 2 aliphatic rings. The average molecular weight is 418 g/mol. The fourth-order valence-corrected chi connectivity index (χ4v) is 4.14. The predicted octanol–water partition coefficient (Wildman–Crippen LogP) is 1.73. The van der Waals surface area contributed by atoms with Crippen molar-refractivity contribution in [1.29, 1.82) is 0 Å². The summed E-state index contributed by atoms with van der Waals surface area (Å²) in [5, 5.41) is 14.0. The zero-order valence-corrected chi connectivity index (χ0v) is 17.8. The number of ether oxygens (including phenoxy) is 1. The van der Waals surface area contributed by atoms with Gasteiger partial charge in [0.25, 0.3) is 11.6 Å². The van der Waals surface area contributed by atoms with Crippen LogP contribution in [-0.2, 0) is 9.53 Å². The number of likely N-dealkylation sites (tertiary alicyclic amines) is 1. The predicted molar refractivity (Wildman–Crippen MR) is 111 cm³/mol. The quantitative estimate of drug-likeness (QED) is 0.557. The molecule has 2 saturated heterocycles. The van der Waals surface area contributed by atoms with E-state index in [1.54, 1.807) is 11.8 Å². The van der Waals surface area contributed by atoms with E-state index in [2.05, 4.69) is 24.1 Å². The molecule has 1 unspecified atom stereocenters. The van der Waals surface area contributed by atoms with Crippen molar-refractivity contribution in [2.24, 2.45) is 0 Å². The first-order valence-electron chi connectivity index (χ1n) is 10.4. The minimum atomic E-state index is -0.520. The van der Waals surface area contributed by atoms with Gasteiger partial charge in [0.1, 0.15) is 6.04 Å². The summed E-state index contributed by atoms with van der Waals surface area (Å²) in [4.78, 5) is 40.3. The third kappa shape index (κ3) is 4.79. The van der Waals surface area contributed by atoms with Gasteiger partial charge in [-0.3, -0.25) is 24.6 Å². The summed E-state index contributed by atoms with van der Waals surface area (Å²) in [5.74, 6) is -0.418. The van der Waals surface area contributed by atoms with E-state index in [1.807, 2.05) is 0 Å². The lowest BCUT2D eigenvalue weighted by Crippen LogP contribution is -2.57. The number of rotatable bonds is 6. The zero-order valence-electron chi connectivity index (χ0n) is 17.8. The molecule has 0 aliphatic carbocycles. The summed E-state index contributed by atoms with van der Waals surface area (Å²) in [5.41, 5.74) is 0.569. The van der Waals surface area contributed by atoms with Gasteiger partial charge in [-0.1, -0.05) is 0 Å². The van der Waals surface area contributed by atoms with Crippen molar-refractivity contribution in [3.05, 3.63) is 39.4 Å². The maximum atomic E-state index is 13.0. The van der Waals surface area contributed by atoms with Crippen LogP contribution in [0.4, 0.5) is 5.69 Å². The second kappa shape index (κ2) is 9.09. The van der Waals surface area contributed by atoms with Gasteiger partial charge in [0.2, 0.25) is 5.91 Å². The normalized spacial score (nSPS) is 20.2. The Labute approximate surface area is 176 Å². The molecule has 1 aromatic carbocycles. The number of amides is 2. The summed E-state index contributed by atoms with van der Waals surface area (Å²) >= 11 is 0. The lowest BCUT2D eigenvalue weighted by Gasteiger charge is -2.41. The molecule has 9 nitrogen and oxygen atoms in total. The Morgan fingerprint density at radius 1 is 1.27 bits per heavy atom. The summed E-state index contributed by atoms with van der Waals surface area (Å²) in [6.07, 6.45) is 1.37. The molecule has 0 spiro atoms. The highest BCUT2D eigenvalue weighted by atomic mass is 16.6. The third-order valence-corrected chi connectivity index (χ3v) is 6.02. The van der Waals surface area contributed by atoms with Crippen LogP contribution in [0.1, 0.15) is 42.6 Å². The van der Waals surface area contributed by atoms with Crippen molar-refractivity contribution in [2.75, 3.05) is 39.4 Å². The van der Waals surface area contributed by atoms with Crippen LogP contribution in [0.3, 0.4) is 0 Å². The van der Waals surface area contributed by atoms with Crippen molar-refractivity contribution in [1.82, 2.24) is 15.1 Å². The SMILES string of the molecule is Cc1cc(C(=O)N2CCCC2C(=O)NCC(C)(C)N2CCOCC2)ccc1[N+](=O)[O-]. The van der Waals surface area contributed by atoms with Crippen molar-refractivity contribution in [2.45, 2.75) is 45.2 Å². The standard InChI is InChI=1S/C21H30N4O5/c1-15-13-16(6-7-17(15)25(28)29)20(27)24-8-4-5-18(24)19(26)22-14-21(2,3)23-9-11-30-12-10-23/h6-7,13,18H,4-5,8-12,14H2,1-3H3,(H,22,26). The van der Waals surface area contributed by atoms with E-state index in [0.29, 0.717) is 43.9 Å². The summed E-state index contributed by atoms with van der Waals surface area (Å²) < 4.78 is 5.40. The van der Waals surface area contributed by atoms with Gasteiger partial charge in [0.05, 0.1) is 18.1 Å². The fraction of sp³-hybridized carbons (Fsp3) is 0.619. The fourth-order valence-electron chi connectivity index (χ4n) is 4.14. The Kier molecular flexibility index (Phi) is 6.72. The third-order valence-electron chi connectivity index (χ3n) is 6.02. The van der Waals surface area contributed by atoms with E-state index in [-0.39, 0.29) is 23.0 Å². The molecular weight excluding hydrogens is 388 g/mol.